The van der Waals surface area contributed by atoms with E-state index in [0.29, 0.717) is 6.04 Å². The summed E-state index contributed by atoms with van der Waals surface area (Å²) in [6.45, 7) is 1.71. The van der Waals surface area contributed by atoms with Crippen LogP contribution in [0, 0.1) is 0 Å². The Balaban J connectivity index is 1.42. The summed E-state index contributed by atoms with van der Waals surface area (Å²) in [5, 5.41) is 3.62. The van der Waals surface area contributed by atoms with E-state index in [4.69, 9.17) is 4.74 Å². The predicted molar refractivity (Wildman–Crippen MR) is 84.5 cm³/mol. The van der Waals surface area contributed by atoms with Gasteiger partial charge in [0.25, 0.3) is 0 Å². The molecule has 3 rings (SSSR count). The van der Waals surface area contributed by atoms with Crippen LogP contribution in [-0.2, 0) is 6.42 Å². The van der Waals surface area contributed by atoms with Gasteiger partial charge in [-0.25, -0.2) is 0 Å². The number of para-hydroxylation sites is 1. The fourth-order valence-electron chi connectivity index (χ4n) is 2.86. The molecule has 0 bridgehead atoms. The van der Waals surface area contributed by atoms with Gasteiger partial charge in [-0.3, -0.25) is 4.98 Å². The summed E-state index contributed by atoms with van der Waals surface area (Å²) < 4.78 is 5.71. The summed E-state index contributed by atoms with van der Waals surface area (Å²) in [6.07, 6.45) is 6.50. The van der Waals surface area contributed by atoms with Crippen molar-refractivity contribution in [1.29, 1.82) is 0 Å². The number of fused-ring (bicyclic) bond motifs is 1. The highest BCUT2D eigenvalue weighted by molar-refractivity contribution is 5.25. The van der Waals surface area contributed by atoms with Crippen LogP contribution >= 0.6 is 0 Å². The first kappa shape index (κ1) is 14.1. The second kappa shape index (κ2) is 7.23. The third-order valence-electron chi connectivity index (χ3n) is 3.92. The van der Waals surface area contributed by atoms with Gasteiger partial charge in [-0.15, -0.1) is 0 Å². The Morgan fingerprint density at radius 3 is 2.95 bits per heavy atom. The third kappa shape index (κ3) is 3.82. The molecule has 0 radical (unpaired) electrons. The van der Waals surface area contributed by atoms with Crippen molar-refractivity contribution in [1.82, 2.24) is 10.3 Å². The monoisotopic (exact) mass is 282 g/mol. The first-order valence-corrected chi connectivity index (χ1v) is 7.78. The van der Waals surface area contributed by atoms with Crippen molar-refractivity contribution in [2.45, 2.75) is 31.7 Å². The molecular formula is C18H22N2O. The fraction of sp³-hybridized carbons (Fsp3) is 0.389. The maximum atomic E-state index is 5.71. The molecule has 3 nitrogen and oxygen atoms in total. The topological polar surface area (TPSA) is 34.1 Å². The average Bonchev–Trinajstić information content (AvgIpc) is 2.56. The lowest BCUT2D eigenvalue weighted by Crippen LogP contribution is -2.27. The Hall–Kier alpha value is -1.87. The molecule has 3 heteroatoms. The SMILES string of the molecule is c1ccc(OCCCNC2CCCc3cccnc32)cc1. The van der Waals surface area contributed by atoms with E-state index in [9.17, 15) is 0 Å². The summed E-state index contributed by atoms with van der Waals surface area (Å²) in [5.74, 6) is 0.946. The number of benzene rings is 1. The summed E-state index contributed by atoms with van der Waals surface area (Å²) in [5.41, 5.74) is 2.65. The molecule has 1 atom stereocenters. The van der Waals surface area contributed by atoms with E-state index < -0.39 is 0 Å². The highest BCUT2D eigenvalue weighted by atomic mass is 16.5. The van der Waals surface area contributed by atoms with Crippen LogP contribution in [0.4, 0.5) is 0 Å². The molecule has 1 aromatic heterocycles. The molecule has 1 unspecified atom stereocenters. The summed E-state index contributed by atoms with van der Waals surface area (Å²) in [6, 6.07) is 14.6. The van der Waals surface area contributed by atoms with E-state index in [1.54, 1.807) is 0 Å². The van der Waals surface area contributed by atoms with Crippen LogP contribution in [0.2, 0.25) is 0 Å². The Kier molecular flexibility index (Phi) is 4.85. The molecule has 0 aliphatic heterocycles. The molecule has 110 valence electrons. The zero-order valence-corrected chi connectivity index (χ0v) is 12.3. The van der Waals surface area contributed by atoms with Crippen molar-refractivity contribution in [3.05, 3.63) is 59.9 Å². The lowest BCUT2D eigenvalue weighted by atomic mass is 9.92. The third-order valence-corrected chi connectivity index (χ3v) is 3.92. The number of nitrogens with zero attached hydrogens (tertiary/aromatic N) is 1. The minimum Gasteiger partial charge on any atom is -0.494 e. The Bertz CT molecular complexity index is 556. The van der Waals surface area contributed by atoms with Gasteiger partial charge in [-0.1, -0.05) is 24.3 Å². The van der Waals surface area contributed by atoms with Crippen molar-refractivity contribution < 1.29 is 4.74 Å². The summed E-state index contributed by atoms with van der Waals surface area (Å²) in [7, 11) is 0. The predicted octanol–water partition coefficient (Wildman–Crippen LogP) is 3.52. The van der Waals surface area contributed by atoms with Gasteiger partial charge in [-0.05, 0) is 56.0 Å². The van der Waals surface area contributed by atoms with Crippen LogP contribution in [0.5, 0.6) is 5.75 Å². The summed E-state index contributed by atoms with van der Waals surface area (Å²) >= 11 is 0. The van der Waals surface area contributed by atoms with Crippen molar-refractivity contribution in [2.24, 2.45) is 0 Å². The zero-order valence-electron chi connectivity index (χ0n) is 12.3. The molecule has 1 aliphatic carbocycles. The zero-order chi connectivity index (χ0) is 14.3. The van der Waals surface area contributed by atoms with Crippen LogP contribution in [-0.4, -0.2) is 18.1 Å². The largest absolute Gasteiger partial charge is 0.494 e. The molecule has 1 aliphatic rings. The van der Waals surface area contributed by atoms with Crippen molar-refractivity contribution in [3.63, 3.8) is 0 Å². The lowest BCUT2D eigenvalue weighted by molar-refractivity contribution is 0.302. The van der Waals surface area contributed by atoms with E-state index >= 15 is 0 Å². The van der Waals surface area contributed by atoms with Gasteiger partial charge in [0.15, 0.2) is 0 Å². The molecule has 1 aromatic carbocycles. The van der Waals surface area contributed by atoms with Gasteiger partial charge in [-0.2, -0.15) is 0 Å². The molecule has 0 saturated carbocycles. The average molecular weight is 282 g/mol. The molecule has 21 heavy (non-hydrogen) atoms. The van der Waals surface area contributed by atoms with Crippen LogP contribution in [0.25, 0.3) is 0 Å². The number of hydrogen-bond acceptors (Lipinski definition) is 3. The Morgan fingerprint density at radius 1 is 1.14 bits per heavy atom. The summed E-state index contributed by atoms with van der Waals surface area (Å²) in [4.78, 5) is 4.55. The number of ether oxygens (including phenoxy) is 1. The number of pyridine rings is 1. The highest BCUT2D eigenvalue weighted by Gasteiger charge is 2.20. The number of nitrogens with one attached hydrogen (secondary N) is 1. The molecule has 2 aromatic rings. The molecule has 0 amide bonds. The van der Waals surface area contributed by atoms with E-state index in [1.165, 1.54) is 30.5 Å². The molecule has 1 heterocycles. The normalized spacial score (nSPS) is 17.2. The van der Waals surface area contributed by atoms with Crippen LogP contribution in [0.15, 0.2) is 48.7 Å². The minimum absolute atomic E-state index is 0.409. The number of aryl methyl sites for hydroxylation is 1. The molecule has 0 spiro atoms. The van der Waals surface area contributed by atoms with Crippen LogP contribution < -0.4 is 10.1 Å². The first-order chi connectivity index (χ1) is 10.4. The Labute approximate surface area is 126 Å². The Morgan fingerprint density at radius 2 is 2.05 bits per heavy atom. The minimum atomic E-state index is 0.409. The van der Waals surface area contributed by atoms with Gasteiger partial charge in [0.2, 0.25) is 0 Å². The van der Waals surface area contributed by atoms with Gasteiger partial charge in [0.1, 0.15) is 5.75 Å². The van der Waals surface area contributed by atoms with Gasteiger partial charge in [0.05, 0.1) is 12.3 Å². The standard InChI is InChI=1S/C18H22N2O/c1-2-9-16(10-3-1)21-14-6-13-19-17-11-4-7-15-8-5-12-20-18(15)17/h1-3,5,8-10,12,17,19H,4,6-7,11,13-14H2. The van der Waals surface area contributed by atoms with E-state index in [-0.39, 0.29) is 0 Å². The first-order valence-electron chi connectivity index (χ1n) is 7.78. The van der Waals surface area contributed by atoms with E-state index in [2.05, 4.69) is 16.4 Å². The molecular weight excluding hydrogens is 260 g/mol. The van der Waals surface area contributed by atoms with Crippen molar-refractivity contribution in [2.75, 3.05) is 13.2 Å². The quantitative estimate of drug-likeness (QED) is 0.823. The maximum absolute atomic E-state index is 5.71. The molecule has 0 saturated heterocycles. The molecule has 1 N–H and O–H groups in total. The highest BCUT2D eigenvalue weighted by Crippen LogP contribution is 2.27. The van der Waals surface area contributed by atoms with Crippen molar-refractivity contribution in [3.8, 4) is 5.75 Å². The number of hydrogen-bond donors (Lipinski definition) is 1. The second-order valence-corrected chi connectivity index (χ2v) is 5.46. The van der Waals surface area contributed by atoms with E-state index in [1.807, 2.05) is 42.6 Å². The van der Waals surface area contributed by atoms with E-state index in [0.717, 1.165) is 25.3 Å². The number of rotatable bonds is 6. The van der Waals surface area contributed by atoms with Gasteiger partial charge in [0, 0.05) is 12.2 Å². The smallest absolute Gasteiger partial charge is 0.119 e. The fourth-order valence-corrected chi connectivity index (χ4v) is 2.86. The van der Waals surface area contributed by atoms with Crippen molar-refractivity contribution >= 4 is 0 Å². The van der Waals surface area contributed by atoms with Gasteiger partial charge < -0.3 is 10.1 Å². The van der Waals surface area contributed by atoms with Crippen LogP contribution in [0.1, 0.15) is 36.6 Å². The van der Waals surface area contributed by atoms with Crippen LogP contribution in [0.3, 0.4) is 0 Å². The van der Waals surface area contributed by atoms with Gasteiger partial charge >= 0.3 is 0 Å². The number of aromatic nitrogens is 1. The maximum Gasteiger partial charge on any atom is 0.119 e. The molecule has 0 fully saturated rings. The lowest BCUT2D eigenvalue weighted by Gasteiger charge is -2.25. The second-order valence-electron chi connectivity index (χ2n) is 5.46.